The van der Waals surface area contributed by atoms with Gasteiger partial charge in [0.15, 0.2) is 5.76 Å². The molecule has 2 N–H and O–H groups in total. The summed E-state index contributed by atoms with van der Waals surface area (Å²) >= 11 is 1.49. The molecule has 3 rings (SSSR count). The molecule has 30 heavy (non-hydrogen) atoms. The molecule has 2 aromatic carbocycles. The van der Waals surface area contributed by atoms with Gasteiger partial charge in [-0.25, -0.2) is 0 Å². The van der Waals surface area contributed by atoms with Gasteiger partial charge in [-0.15, -0.1) is 11.8 Å². The number of hydrogen-bond acceptors (Lipinski definition) is 4. The lowest BCUT2D eigenvalue weighted by molar-refractivity contribution is -0.115. The minimum Gasteiger partial charge on any atom is -0.459 e. The number of amides is 2. The van der Waals surface area contributed by atoms with Gasteiger partial charge in [0.2, 0.25) is 5.91 Å². The summed E-state index contributed by atoms with van der Waals surface area (Å²) in [6.07, 6.45) is 3.01. The molecule has 1 aromatic heterocycles. The average molecular weight is 423 g/mol. The highest BCUT2D eigenvalue weighted by atomic mass is 32.2. The lowest BCUT2D eigenvalue weighted by Crippen LogP contribution is -2.25. The molecule has 0 fully saturated rings. The van der Waals surface area contributed by atoms with Crippen molar-refractivity contribution in [3.05, 3.63) is 77.7 Å². The van der Waals surface area contributed by atoms with E-state index in [-0.39, 0.29) is 22.8 Å². The summed E-state index contributed by atoms with van der Waals surface area (Å²) in [5, 5.41) is 5.70. The number of hydrogen-bond donors (Lipinski definition) is 2. The molecule has 1 atom stereocenters. The van der Waals surface area contributed by atoms with E-state index in [1.807, 2.05) is 56.3 Å². The molecule has 0 aliphatic rings. The van der Waals surface area contributed by atoms with Crippen LogP contribution < -0.4 is 10.6 Å². The van der Waals surface area contributed by atoms with Crippen LogP contribution in [-0.4, -0.2) is 17.1 Å². The monoisotopic (exact) mass is 422 g/mol. The van der Waals surface area contributed by atoms with E-state index in [2.05, 4.69) is 17.6 Å². The molecule has 0 aliphatic carbocycles. The van der Waals surface area contributed by atoms with Gasteiger partial charge in [0.1, 0.15) is 0 Å². The third kappa shape index (κ3) is 5.33. The molecule has 6 heteroatoms. The Bertz CT molecular complexity index is 1020. The fraction of sp³-hybridized carbons (Fsp3) is 0.250. The standard InChI is InChI=1S/C24H26N2O3S/c1-4-17-10-6-9-16(3)22(17)26-24(28)21(5-2)30-19-12-7-11-18(15-19)25-23(27)20-13-8-14-29-20/h6-15,21H,4-5H2,1-3H3,(H,25,27)(H,26,28). The minimum absolute atomic E-state index is 0.0171. The summed E-state index contributed by atoms with van der Waals surface area (Å²) in [6.45, 7) is 6.09. The van der Waals surface area contributed by atoms with Crippen LogP contribution in [0.2, 0.25) is 0 Å². The van der Waals surface area contributed by atoms with E-state index < -0.39 is 0 Å². The normalized spacial score (nSPS) is 11.7. The Morgan fingerprint density at radius 1 is 1.03 bits per heavy atom. The zero-order valence-electron chi connectivity index (χ0n) is 17.4. The van der Waals surface area contributed by atoms with E-state index in [0.717, 1.165) is 28.1 Å². The van der Waals surface area contributed by atoms with Crippen molar-refractivity contribution in [2.24, 2.45) is 0 Å². The molecule has 0 saturated heterocycles. The van der Waals surface area contributed by atoms with E-state index in [4.69, 9.17) is 4.42 Å². The van der Waals surface area contributed by atoms with Crippen LogP contribution in [0.25, 0.3) is 0 Å². The fourth-order valence-electron chi connectivity index (χ4n) is 3.14. The Morgan fingerprint density at radius 2 is 1.83 bits per heavy atom. The molecule has 156 valence electrons. The SMILES string of the molecule is CCc1cccc(C)c1NC(=O)C(CC)Sc1cccc(NC(=O)c2ccco2)c1. The highest BCUT2D eigenvalue weighted by Gasteiger charge is 2.20. The number of para-hydroxylation sites is 1. The average Bonchev–Trinajstić information content (AvgIpc) is 3.28. The van der Waals surface area contributed by atoms with Crippen LogP contribution in [0.15, 0.2) is 70.2 Å². The van der Waals surface area contributed by atoms with Crippen molar-refractivity contribution >= 4 is 35.0 Å². The van der Waals surface area contributed by atoms with Gasteiger partial charge >= 0.3 is 0 Å². The van der Waals surface area contributed by atoms with Crippen molar-refractivity contribution in [1.29, 1.82) is 0 Å². The summed E-state index contributed by atoms with van der Waals surface area (Å²) < 4.78 is 5.13. The Labute approximate surface area is 181 Å². The van der Waals surface area contributed by atoms with Gasteiger partial charge in [-0.2, -0.15) is 0 Å². The third-order valence-corrected chi connectivity index (χ3v) is 6.12. The number of benzene rings is 2. The van der Waals surface area contributed by atoms with Gasteiger partial charge in [-0.05, 0) is 61.2 Å². The van der Waals surface area contributed by atoms with Gasteiger partial charge < -0.3 is 15.1 Å². The predicted molar refractivity (Wildman–Crippen MR) is 122 cm³/mol. The number of furan rings is 1. The Balaban J connectivity index is 1.70. The molecular formula is C24H26N2O3S. The number of anilines is 2. The van der Waals surface area contributed by atoms with Gasteiger partial charge in [0.05, 0.1) is 11.5 Å². The van der Waals surface area contributed by atoms with E-state index in [0.29, 0.717) is 12.1 Å². The molecule has 0 radical (unpaired) electrons. The molecular weight excluding hydrogens is 396 g/mol. The second kappa shape index (κ2) is 10.2. The van der Waals surface area contributed by atoms with Gasteiger partial charge in [0.25, 0.3) is 5.91 Å². The molecule has 1 unspecified atom stereocenters. The highest BCUT2D eigenvalue weighted by molar-refractivity contribution is 8.00. The maximum Gasteiger partial charge on any atom is 0.291 e. The van der Waals surface area contributed by atoms with Crippen molar-refractivity contribution in [1.82, 2.24) is 0 Å². The summed E-state index contributed by atoms with van der Waals surface area (Å²) in [4.78, 5) is 26.1. The van der Waals surface area contributed by atoms with Gasteiger partial charge in [-0.1, -0.05) is 38.1 Å². The van der Waals surface area contributed by atoms with Crippen LogP contribution in [-0.2, 0) is 11.2 Å². The topological polar surface area (TPSA) is 71.3 Å². The Hall–Kier alpha value is -2.99. The maximum atomic E-state index is 13.0. The maximum absolute atomic E-state index is 13.0. The molecule has 0 spiro atoms. The van der Waals surface area contributed by atoms with Gasteiger partial charge in [0, 0.05) is 16.3 Å². The highest BCUT2D eigenvalue weighted by Crippen LogP contribution is 2.30. The largest absolute Gasteiger partial charge is 0.459 e. The van der Waals surface area contributed by atoms with Crippen LogP contribution in [0.4, 0.5) is 11.4 Å². The Kier molecular flexibility index (Phi) is 7.36. The first-order valence-corrected chi connectivity index (χ1v) is 10.9. The molecule has 0 bridgehead atoms. The summed E-state index contributed by atoms with van der Waals surface area (Å²) in [7, 11) is 0. The molecule has 2 amide bonds. The summed E-state index contributed by atoms with van der Waals surface area (Å²) in [5.41, 5.74) is 3.75. The lowest BCUT2D eigenvalue weighted by atomic mass is 10.1. The molecule has 0 aliphatic heterocycles. The number of thioether (sulfide) groups is 1. The van der Waals surface area contributed by atoms with Crippen molar-refractivity contribution < 1.29 is 14.0 Å². The van der Waals surface area contributed by atoms with Crippen LogP contribution in [0.1, 0.15) is 41.9 Å². The molecule has 5 nitrogen and oxygen atoms in total. The minimum atomic E-state index is -0.307. The van der Waals surface area contributed by atoms with E-state index in [1.54, 1.807) is 12.1 Å². The second-order valence-electron chi connectivity index (χ2n) is 6.93. The first-order chi connectivity index (χ1) is 14.5. The Morgan fingerprint density at radius 3 is 2.53 bits per heavy atom. The number of nitrogens with one attached hydrogen (secondary N) is 2. The zero-order valence-corrected chi connectivity index (χ0v) is 18.2. The first kappa shape index (κ1) is 21.7. The second-order valence-corrected chi connectivity index (χ2v) is 8.20. The number of rotatable bonds is 8. The number of aryl methyl sites for hydroxylation is 2. The molecule has 0 saturated carbocycles. The van der Waals surface area contributed by atoms with E-state index in [9.17, 15) is 9.59 Å². The number of carbonyl (C=O) groups is 2. The number of carbonyl (C=O) groups excluding carboxylic acids is 2. The van der Waals surface area contributed by atoms with Crippen LogP contribution in [0, 0.1) is 6.92 Å². The van der Waals surface area contributed by atoms with Crippen molar-refractivity contribution in [2.75, 3.05) is 10.6 Å². The van der Waals surface area contributed by atoms with Crippen molar-refractivity contribution in [3.63, 3.8) is 0 Å². The van der Waals surface area contributed by atoms with E-state index in [1.165, 1.54) is 18.0 Å². The van der Waals surface area contributed by atoms with Crippen molar-refractivity contribution in [3.8, 4) is 0 Å². The fourth-order valence-corrected chi connectivity index (χ4v) is 4.15. The smallest absolute Gasteiger partial charge is 0.291 e. The zero-order chi connectivity index (χ0) is 21.5. The predicted octanol–water partition coefficient (Wildman–Crippen LogP) is 5.91. The van der Waals surface area contributed by atoms with Crippen LogP contribution in [0.3, 0.4) is 0 Å². The third-order valence-electron chi connectivity index (χ3n) is 4.77. The first-order valence-electron chi connectivity index (χ1n) is 10.0. The van der Waals surface area contributed by atoms with Crippen LogP contribution >= 0.6 is 11.8 Å². The molecule has 3 aromatic rings. The lowest BCUT2D eigenvalue weighted by Gasteiger charge is -2.18. The summed E-state index contributed by atoms with van der Waals surface area (Å²) in [6, 6.07) is 16.8. The van der Waals surface area contributed by atoms with Crippen LogP contribution in [0.5, 0.6) is 0 Å². The quantitative estimate of drug-likeness (QED) is 0.443. The molecule has 1 heterocycles. The summed E-state index contributed by atoms with van der Waals surface area (Å²) in [5.74, 6) is -0.0704. The van der Waals surface area contributed by atoms with Gasteiger partial charge in [-0.3, -0.25) is 9.59 Å². The van der Waals surface area contributed by atoms with E-state index >= 15 is 0 Å². The van der Waals surface area contributed by atoms with Crippen molar-refractivity contribution in [2.45, 2.75) is 43.8 Å².